The molecule has 0 aliphatic rings. The van der Waals surface area contributed by atoms with Crippen LogP contribution in [-0.2, 0) is 16.0 Å². The van der Waals surface area contributed by atoms with Crippen LogP contribution in [0, 0.1) is 6.92 Å². The lowest BCUT2D eigenvalue weighted by Crippen LogP contribution is -2.43. The smallest absolute Gasteiger partial charge is 0.305 e. The van der Waals surface area contributed by atoms with Crippen LogP contribution in [0.15, 0.2) is 17.1 Å². The van der Waals surface area contributed by atoms with Gasteiger partial charge in [0.15, 0.2) is 5.96 Å². The summed E-state index contributed by atoms with van der Waals surface area (Å²) in [5.74, 6) is 0.768. The van der Waals surface area contributed by atoms with Gasteiger partial charge in [0.2, 0.25) is 0 Å². The summed E-state index contributed by atoms with van der Waals surface area (Å²) in [5.41, 5.74) is 0. The molecule has 1 atom stereocenters. The van der Waals surface area contributed by atoms with Crippen molar-refractivity contribution < 1.29 is 9.53 Å². The van der Waals surface area contributed by atoms with Crippen LogP contribution in [-0.4, -0.2) is 38.2 Å². The largest absolute Gasteiger partial charge is 0.469 e. The second-order valence-corrected chi connectivity index (χ2v) is 7.64. The summed E-state index contributed by atoms with van der Waals surface area (Å²) < 4.78 is 4.64. The average molecular weight is 495 g/mol. The lowest BCUT2D eigenvalue weighted by molar-refractivity contribution is -0.140. The average Bonchev–Trinajstić information content (AvgIpc) is 2.98. The van der Waals surface area contributed by atoms with Gasteiger partial charge in [-0.2, -0.15) is 0 Å². The summed E-state index contributed by atoms with van der Waals surface area (Å²) in [6.07, 6.45) is 5.59. The quantitative estimate of drug-likeness (QED) is 0.158. The van der Waals surface area contributed by atoms with E-state index >= 15 is 0 Å². The van der Waals surface area contributed by atoms with E-state index in [1.54, 1.807) is 0 Å². The van der Waals surface area contributed by atoms with E-state index in [9.17, 15) is 4.79 Å². The minimum Gasteiger partial charge on any atom is -0.469 e. The predicted molar refractivity (Wildman–Crippen MR) is 122 cm³/mol. The van der Waals surface area contributed by atoms with Gasteiger partial charge in [0, 0.05) is 41.7 Å². The van der Waals surface area contributed by atoms with E-state index in [1.165, 1.54) is 16.9 Å². The molecule has 0 fully saturated rings. The van der Waals surface area contributed by atoms with Gasteiger partial charge in [0.1, 0.15) is 0 Å². The lowest BCUT2D eigenvalue weighted by Gasteiger charge is -2.17. The Morgan fingerprint density at radius 1 is 1.27 bits per heavy atom. The lowest BCUT2D eigenvalue weighted by atomic mass is 10.1. The van der Waals surface area contributed by atoms with Crippen LogP contribution < -0.4 is 10.6 Å². The van der Waals surface area contributed by atoms with Gasteiger partial charge in [-0.1, -0.05) is 12.8 Å². The first-order valence-electron chi connectivity index (χ1n) is 9.22. The number of esters is 1. The molecule has 1 aromatic rings. The molecular weight excluding hydrogens is 461 g/mol. The van der Waals surface area contributed by atoms with Crippen LogP contribution in [0.1, 0.15) is 55.7 Å². The van der Waals surface area contributed by atoms with Crippen LogP contribution in [0.2, 0.25) is 0 Å². The highest BCUT2D eigenvalue weighted by Gasteiger charge is 2.07. The Balaban J connectivity index is 0.00000625. The molecule has 0 aliphatic heterocycles. The van der Waals surface area contributed by atoms with Crippen molar-refractivity contribution in [2.45, 2.75) is 65.3 Å². The van der Waals surface area contributed by atoms with Gasteiger partial charge in [-0.15, -0.1) is 35.3 Å². The number of thiophene rings is 1. The molecule has 0 radical (unpaired) electrons. The molecule has 0 saturated heterocycles. The fourth-order valence-corrected chi connectivity index (χ4v) is 3.55. The first-order valence-corrected chi connectivity index (χ1v) is 10.0. The monoisotopic (exact) mass is 495 g/mol. The van der Waals surface area contributed by atoms with Crippen LogP contribution in [0.3, 0.4) is 0 Å². The molecule has 1 aromatic heterocycles. The van der Waals surface area contributed by atoms with E-state index in [2.05, 4.69) is 53.3 Å². The van der Waals surface area contributed by atoms with Crippen molar-refractivity contribution in [2.75, 3.05) is 20.2 Å². The number of aliphatic imine (C=N–C) groups is 1. The minimum atomic E-state index is -0.119. The number of unbranched alkanes of at least 4 members (excludes halogenated alkanes) is 3. The van der Waals surface area contributed by atoms with E-state index in [4.69, 9.17) is 0 Å². The molecule has 0 aromatic carbocycles. The van der Waals surface area contributed by atoms with Crippen molar-refractivity contribution in [3.05, 3.63) is 21.9 Å². The Morgan fingerprint density at radius 2 is 2.00 bits per heavy atom. The predicted octanol–water partition coefficient (Wildman–Crippen LogP) is 4.28. The zero-order valence-electron chi connectivity index (χ0n) is 16.5. The summed E-state index contributed by atoms with van der Waals surface area (Å²) in [6.45, 7) is 8.07. The number of aryl methyl sites for hydroxylation is 1. The molecule has 0 saturated carbocycles. The number of methoxy groups -OCH3 is 1. The molecule has 1 rings (SSSR count). The molecule has 0 aliphatic carbocycles. The number of nitrogens with zero attached hydrogens (tertiary/aromatic N) is 1. The van der Waals surface area contributed by atoms with E-state index in [0.29, 0.717) is 12.5 Å². The summed E-state index contributed by atoms with van der Waals surface area (Å²) in [5, 5.41) is 6.79. The fraction of sp³-hybridized carbons (Fsp3) is 0.684. The van der Waals surface area contributed by atoms with Crippen LogP contribution in [0.25, 0.3) is 0 Å². The molecule has 0 amide bonds. The number of carbonyl (C=O) groups is 1. The molecule has 0 bridgehead atoms. The van der Waals surface area contributed by atoms with E-state index in [0.717, 1.165) is 51.2 Å². The molecule has 26 heavy (non-hydrogen) atoms. The number of halogens is 1. The first kappa shape index (κ1) is 25.2. The minimum absolute atomic E-state index is 0. The maximum absolute atomic E-state index is 11.0. The number of nitrogens with one attached hydrogen (secondary N) is 2. The number of guanidine groups is 1. The molecule has 5 nitrogen and oxygen atoms in total. The number of hydrogen-bond donors (Lipinski definition) is 2. The standard InChI is InChI=1S/C19H33N3O2S.HI/c1-5-20-19(21-13-9-7-6-8-10-18(23)24-4)22-15(2)14-17-12-11-16(3)25-17;/h11-12,15H,5-10,13-14H2,1-4H3,(H2,20,21,22);1H. The maximum Gasteiger partial charge on any atom is 0.305 e. The summed E-state index contributed by atoms with van der Waals surface area (Å²) >= 11 is 1.86. The van der Waals surface area contributed by atoms with Gasteiger partial charge in [-0.25, -0.2) is 0 Å². The van der Waals surface area contributed by atoms with Gasteiger partial charge < -0.3 is 15.4 Å². The molecule has 150 valence electrons. The van der Waals surface area contributed by atoms with Crippen molar-refractivity contribution in [3.8, 4) is 0 Å². The van der Waals surface area contributed by atoms with Crippen molar-refractivity contribution >= 4 is 47.2 Å². The molecule has 2 N–H and O–H groups in total. The van der Waals surface area contributed by atoms with Crippen LogP contribution >= 0.6 is 35.3 Å². The zero-order chi connectivity index (χ0) is 18.5. The van der Waals surface area contributed by atoms with E-state index < -0.39 is 0 Å². The van der Waals surface area contributed by atoms with Gasteiger partial charge >= 0.3 is 5.97 Å². The van der Waals surface area contributed by atoms with Crippen molar-refractivity contribution in [3.63, 3.8) is 0 Å². The normalized spacial score (nSPS) is 12.2. The van der Waals surface area contributed by atoms with Crippen molar-refractivity contribution in [1.29, 1.82) is 0 Å². The van der Waals surface area contributed by atoms with Gasteiger partial charge in [0.25, 0.3) is 0 Å². The zero-order valence-corrected chi connectivity index (χ0v) is 19.6. The Morgan fingerprint density at radius 3 is 2.62 bits per heavy atom. The highest BCUT2D eigenvalue weighted by Crippen LogP contribution is 2.16. The second-order valence-electron chi connectivity index (χ2n) is 6.26. The van der Waals surface area contributed by atoms with Crippen molar-refractivity contribution in [1.82, 2.24) is 10.6 Å². The molecule has 7 heteroatoms. The highest BCUT2D eigenvalue weighted by molar-refractivity contribution is 14.0. The summed E-state index contributed by atoms with van der Waals surface area (Å²) in [6, 6.07) is 4.72. The Bertz CT molecular complexity index is 535. The summed E-state index contributed by atoms with van der Waals surface area (Å²) in [7, 11) is 1.44. The van der Waals surface area contributed by atoms with Gasteiger partial charge in [0.05, 0.1) is 7.11 Å². The van der Waals surface area contributed by atoms with Gasteiger partial charge in [-0.3, -0.25) is 9.79 Å². The van der Waals surface area contributed by atoms with Crippen LogP contribution in [0.4, 0.5) is 0 Å². The number of carbonyl (C=O) groups excluding carboxylic acids is 1. The third-order valence-electron chi connectivity index (χ3n) is 3.82. The van der Waals surface area contributed by atoms with Gasteiger partial charge in [-0.05, 0) is 45.7 Å². The first-order chi connectivity index (χ1) is 12.0. The third kappa shape index (κ3) is 11.7. The summed E-state index contributed by atoms with van der Waals surface area (Å²) in [4.78, 5) is 18.5. The van der Waals surface area contributed by atoms with Crippen molar-refractivity contribution in [2.24, 2.45) is 4.99 Å². The second kappa shape index (κ2) is 15.2. The SMILES string of the molecule is CCNC(=NCCCCCCC(=O)OC)NC(C)Cc1ccc(C)s1.I. The van der Waals surface area contributed by atoms with E-state index in [1.807, 2.05) is 11.3 Å². The highest BCUT2D eigenvalue weighted by atomic mass is 127. The molecule has 1 heterocycles. The number of ether oxygens (including phenoxy) is 1. The number of hydrogen-bond acceptors (Lipinski definition) is 4. The maximum atomic E-state index is 11.0. The van der Waals surface area contributed by atoms with E-state index in [-0.39, 0.29) is 29.9 Å². The fourth-order valence-electron chi connectivity index (χ4n) is 2.53. The Kier molecular flexibility index (Phi) is 14.8. The molecule has 1 unspecified atom stereocenters. The Labute approximate surface area is 179 Å². The van der Waals surface area contributed by atoms with Crippen LogP contribution in [0.5, 0.6) is 0 Å². The third-order valence-corrected chi connectivity index (χ3v) is 4.84. The molecule has 0 spiro atoms. The topological polar surface area (TPSA) is 62.7 Å². The molecular formula is C19H34IN3O2S. The number of rotatable bonds is 11. The Hall–Kier alpha value is -0.830.